The lowest BCUT2D eigenvalue weighted by molar-refractivity contribution is 0.0898. The van der Waals surface area contributed by atoms with Gasteiger partial charge in [-0.3, -0.25) is 4.90 Å². The van der Waals surface area contributed by atoms with Gasteiger partial charge in [0.2, 0.25) is 0 Å². The molecule has 1 heterocycles. The Labute approximate surface area is 98.6 Å². The van der Waals surface area contributed by atoms with E-state index >= 15 is 0 Å². The Kier molecular flexibility index (Phi) is 4.16. The molecule has 2 unspecified atom stereocenters. The summed E-state index contributed by atoms with van der Waals surface area (Å²) in [5, 5.41) is 0. The first-order valence-electron chi connectivity index (χ1n) is 5.83. The van der Waals surface area contributed by atoms with Gasteiger partial charge in [-0.25, -0.2) is 0 Å². The molecule has 3 heteroatoms. The SMILES string of the molecule is CC(N(C)C(CN)c1ccco1)C(C)(C)C. The fourth-order valence-electron chi connectivity index (χ4n) is 1.84. The highest BCUT2D eigenvalue weighted by Gasteiger charge is 2.29. The summed E-state index contributed by atoms with van der Waals surface area (Å²) in [6, 6.07) is 4.49. The van der Waals surface area contributed by atoms with Crippen molar-refractivity contribution in [2.45, 2.75) is 39.8 Å². The van der Waals surface area contributed by atoms with Crippen molar-refractivity contribution >= 4 is 0 Å². The van der Waals surface area contributed by atoms with E-state index in [0.29, 0.717) is 12.6 Å². The minimum atomic E-state index is 0.157. The molecule has 0 bridgehead atoms. The van der Waals surface area contributed by atoms with Gasteiger partial charge in [-0.15, -0.1) is 0 Å². The van der Waals surface area contributed by atoms with Gasteiger partial charge in [-0.2, -0.15) is 0 Å². The summed E-state index contributed by atoms with van der Waals surface area (Å²) in [5.74, 6) is 0.945. The Balaban J connectivity index is 2.82. The van der Waals surface area contributed by atoms with Crippen molar-refractivity contribution in [1.82, 2.24) is 4.90 Å². The van der Waals surface area contributed by atoms with Crippen LogP contribution in [0.25, 0.3) is 0 Å². The van der Waals surface area contributed by atoms with Crippen LogP contribution in [-0.2, 0) is 0 Å². The fourth-order valence-corrected chi connectivity index (χ4v) is 1.84. The number of likely N-dealkylation sites (N-methyl/N-ethyl adjacent to an activating group) is 1. The van der Waals surface area contributed by atoms with Crippen LogP contribution in [0.1, 0.15) is 39.5 Å². The molecule has 0 radical (unpaired) electrons. The Morgan fingerprint density at radius 2 is 2.06 bits per heavy atom. The topological polar surface area (TPSA) is 42.4 Å². The van der Waals surface area contributed by atoms with E-state index in [0.717, 1.165) is 5.76 Å². The first kappa shape index (κ1) is 13.3. The summed E-state index contributed by atoms with van der Waals surface area (Å²) in [6.07, 6.45) is 1.70. The Morgan fingerprint density at radius 1 is 1.44 bits per heavy atom. The van der Waals surface area contributed by atoms with Crippen LogP contribution in [0.3, 0.4) is 0 Å². The van der Waals surface area contributed by atoms with Gasteiger partial charge in [0.1, 0.15) is 5.76 Å². The van der Waals surface area contributed by atoms with Crippen LogP contribution >= 0.6 is 0 Å². The molecule has 1 rings (SSSR count). The van der Waals surface area contributed by atoms with E-state index < -0.39 is 0 Å². The molecule has 0 spiro atoms. The highest BCUT2D eigenvalue weighted by molar-refractivity contribution is 5.06. The average Bonchev–Trinajstić information content (AvgIpc) is 2.69. The van der Waals surface area contributed by atoms with Crippen LogP contribution < -0.4 is 5.73 Å². The highest BCUT2D eigenvalue weighted by atomic mass is 16.3. The Bertz CT molecular complexity index is 300. The molecule has 0 aliphatic heterocycles. The van der Waals surface area contributed by atoms with Crippen LogP contribution in [0.15, 0.2) is 22.8 Å². The molecule has 2 atom stereocenters. The molecule has 0 fully saturated rings. The molecule has 0 saturated carbocycles. The van der Waals surface area contributed by atoms with E-state index in [-0.39, 0.29) is 11.5 Å². The predicted molar refractivity (Wildman–Crippen MR) is 67.2 cm³/mol. The molecule has 1 aromatic rings. The lowest BCUT2D eigenvalue weighted by Gasteiger charge is -2.39. The van der Waals surface area contributed by atoms with Gasteiger partial charge < -0.3 is 10.2 Å². The zero-order valence-electron chi connectivity index (χ0n) is 11.0. The standard InChI is InChI=1S/C13H24N2O/c1-10(13(2,3)4)15(5)11(9-14)12-7-6-8-16-12/h6-8,10-11H,9,14H2,1-5H3. The quantitative estimate of drug-likeness (QED) is 0.855. The third-order valence-electron chi connectivity index (χ3n) is 3.45. The third-order valence-corrected chi connectivity index (χ3v) is 3.45. The number of nitrogens with zero attached hydrogens (tertiary/aromatic N) is 1. The van der Waals surface area contributed by atoms with E-state index in [9.17, 15) is 0 Å². The van der Waals surface area contributed by atoms with E-state index in [2.05, 4.69) is 39.6 Å². The zero-order valence-corrected chi connectivity index (χ0v) is 11.0. The van der Waals surface area contributed by atoms with Crippen molar-refractivity contribution in [3.05, 3.63) is 24.2 Å². The molecule has 0 aliphatic rings. The van der Waals surface area contributed by atoms with Crippen molar-refractivity contribution in [3.8, 4) is 0 Å². The number of furan rings is 1. The van der Waals surface area contributed by atoms with Crippen LogP contribution in [-0.4, -0.2) is 24.5 Å². The van der Waals surface area contributed by atoms with Gasteiger partial charge >= 0.3 is 0 Å². The second-order valence-corrected chi connectivity index (χ2v) is 5.47. The van der Waals surface area contributed by atoms with Crippen molar-refractivity contribution < 1.29 is 4.42 Å². The number of hydrogen-bond acceptors (Lipinski definition) is 3. The second kappa shape index (κ2) is 5.02. The van der Waals surface area contributed by atoms with Gasteiger partial charge in [-0.05, 0) is 31.5 Å². The van der Waals surface area contributed by atoms with Crippen molar-refractivity contribution in [2.75, 3.05) is 13.6 Å². The van der Waals surface area contributed by atoms with E-state index in [1.54, 1.807) is 6.26 Å². The lowest BCUT2D eigenvalue weighted by Crippen LogP contribution is -2.43. The molecule has 0 amide bonds. The second-order valence-electron chi connectivity index (χ2n) is 5.47. The molecule has 0 aromatic carbocycles. The normalized spacial score (nSPS) is 16.4. The Hall–Kier alpha value is -0.800. The van der Waals surface area contributed by atoms with Gasteiger partial charge in [0.25, 0.3) is 0 Å². The summed E-state index contributed by atoms with van der Waals surface area (Å²) < 4.78 is 5.45. The molecule has 16 heavy (non-hydrogen) atoms. The van der Waals surface area contributed by atoms with Crippen LogP contribution in [0.2, 0.25) is 0 Å². The van der Waals surface area contributed by atoms with E-state index in [1.165, 1.54) is 0 Å². The predicted octanol–water partition coefficient (Wildman–Crippen LogP) is 2.65. The summed E-state index contributed by atoms with van der Waals surface area (Å²) in [7, 11) is 2.11. The van der Waals surface area contributed by atoms with Gasteiger partial charge in [-0.1, -0.05) is 20.8 Å². The first-order valence-corrected chi connectivity index (χ1v) is 5.83. The molecule has 0 saturated heterocycles. The molecule has 3 nitrogen and oxygen atoms in total. The summed E-state index contributed by atoms with van der Waals surface area (Å²) in [4.78, 5) is 2.29. The maximum Gasteiger partial charge on any atom is 0.122 e. The highest BCUT2D eigenvalue weighted by Crippen LogP contribution is 2.29. The molecule has 0 aliphatic carbocycles. The van der Waals surface area contributed by atoms with E-state index in [4.69, 9.17) is 10.2 Å². The minimum Gasteiger partial charge on any atom is -0.468 e. The molecular weight excluding hydrogens is 200 g/mol. The monoisotopic (exact) mass is 224 g/mol. The summed E-state index contributed by atoms with van der Waals surface area (Å²) >= 11 is 0. The lowest BCUT2D eigenvalue weighted by atomic mass is 9.86. The van der Waals surface area contributed by atoms with Crippen molar-refractivity contribution in [3.63, 3.8) is 0 Å². The third kappa shape index (κ3) is 2.86. The first-order chi connectivity index (χ1) is 7.38. The van der Waals surface area contributed by atoms with Crippen molar-refractivity contribution in [1.29, 1.82) is 0 Å². The summed E-state index contributed by atoms with van der Waals surface area (Å²) in [6.45, 7) is 9.52. The smallest absolute Gasteiger partial charge is 0.122 e. The molecule has 1 aromatic heterocycles. The molecular formula is C13H24N2O. The van der Waals surface area contributed by atoms with Crippen LogP contribution in [0, 0.1) is 5.41 Å². The zero-order chi connectivity index (χ0) is 12.3. The van der Waals surface area contributed by atoms with Crippen LogP contribution in [0.5, 0.6) is 0 Å². The molecule has 2 N–H and O–H groups in total. The minimum absolute atomic E-state index is 0.157. The van der Waals surface area contributed by atoms with Crippen LogP contribution in [0.4, 0.5) is 0 Å². The maximum atomic E-state index is 5.84. The van der Waals surface area contributed by atoms with Crippen molar-refractivity contribution in [2.24, 2.45) is 11.1 Å². The van der Waals surface area contributed by atoms with Gasteiger partial charge in [0.05, 0.1) is 12.3 Å². The van der Waals surface area contributed by atoms with Gasteiger partial charge in [0, 0.05) is 12.6 Å². The largest absolute Gasteiger partial charge is 0.468 e. The number of hydrogen-bond donors (Lipinski definition) is 1. The Morgan fingerprint density at radius 3 is 2.44 bits per heavy atom. The average molecular weight is 224 g/mol. The summed E-state index contributed by atoms with van der Waals surface area (Å²) in [5.41, 5.74) is 6.08. The molecule has 92 valence electrons. The van der Waals surface area contributed by atoms with Gasteiger partial charge in [0.15, 0.2) is 0 Å². The number of rotatable bonds is 4. The number of nitrogens with two attached hydrogens (primary N) is 1. The van der Waals surface area contributed by atoms with E-state index in [1.807, 2.05) is 12.1 Å². The fraction of sp³-hybridized carbons (Fsp3) is 0.692. The maximum absolute atomic E-state index is 5.84.